The number of carboxylic acids is 1. The van der Waals surface area contributed by atoms with E-state index in [-0.39, 0.29) is 11.3 Å². The number of nitrogens with zero attached hydrogens (tertiary/aromatic N) is 3. The predicted molar refractivity (Wildman–Crippen MR) is 122 cm³/mol. The van der Waals surface area contributed by atoms with Crippen molar-refractivity contribution in [1.29, 1.82) is 0 Å². The molecule has 2 aromatic carbocycles. The highest BCUT2D eigenvalue weighted by atomic mass is 19.4. The number of rotatable bonds is 6. The van der Waals surface area contributed by atoms with Gasteiger partial charge in [-0.1, -0.05) is 30.3 Å². The predicted octanol–water partition coefficient (Wildman–Crippen LogP) is 5.79. The summed E-state index contributed by atoms with van der Waals surface area (Å²) < 4.78 is 41.1. The largest absolute Gasteiger partial charge is 0.481 e. The maximum atomic E-state index is 13.3. The first kappa shape index (κ1) is 23.2. The molecule has 4 aromatic rings. The zero-order valence-corrected chi connectivity index (χ0v) is 18.6. The highest BCUT2D eigenvalue weighted by Crippen LogP contribution is 2.33. The van der Waals surface area contributed by atoms with Gasteiger partial charge in [0.2, 0.25) is 0 Å². The molecule has 0 bridgehead atoms. The van der Waals surface area contributed by atoms with Crippen LogP contribution in [0.5, 0.6) is 0 Å². The molecule has 1 N–H and O–H groups in total. The molecule has 8 heteroatoms. The van der Waals surface area contributed by atoms with E-state index < -0.39 is 24.3 Å². The van der Waals surface area contributed by atoms with Crippen LogP contribution < -0.4 is 0 Å². The van der Waals surface area contributed by atoms with Gasteiger partial charge in [0.1, 0.15) is 0 Å². The number of carboxylic acid groups (broad SMARTS) is 1. The van der Waals surface area contributed by atoms with Crippen LogP contribution in [0.3, 0.4) is 0 Å². The van der Waals surface area contributed by atoms with Crippen LogP contribution in [0.25, 0.3) is 16.8 Å². The van der Waals surface area contributed by atoms with Crippen LogP contribution in [0, 0.1) is 13.8 Å². The van der Waals surface area contributed by atoms with Gasteiger partial charge in [0.05, 0.1) is 17.8 Å². The van der Waals surface area contributed by atoms with Crippen molar-refractivity contribution < 1.29 is 23.1 Å². The molecule has 0 fully saturated rings. The number of alkyl halides is 3. The highest BCUT2D eigenvalue weighted by Gasteiger charge is 2.38. The Balaban J connectivity index is 1.60. The summed E-state index contributed by atoms with van der Waals surface area (Å²) in [6.45, 7) is 3.29. The topological polar surface area (TPSA) is 68.0 Å². The third-order valence-electron chi connectivity index (χ3n) is 5.76. The molecule has 0 unspecified atom stereocenters. The molecule has 0 spiro atoms. The number of pyridine rings is 1. The van der Waals surface area contributed by atoms with Crippen LogP contribution in [-0.2, 0) is 23.8 Å². The molecular weight excluding hydrogens is 443 g/mol. The zero-order valence-electron chi connectivity index (χ0n) is 18.6. The number of carbonyl (C=O) groups is 1. The smallest absolute Gasteiger partial charge is 0.435 e. The molecule has 2 heterocycles. The van der Waals surface area contributed by atoms with Crippen LogP contribution >= 0.6 is 0 Å². The van der Waals surface area contributed by atoms with E-state index in [2.05, 4.69) is 28.3 Å². The minimum Gasteiger partial charge on any atom is -0.481 e. The fourth-order valence-electron chi connectivity index (χ4n) is 3.96. The first-order chi connectivity index (χ1) is 16.1. The van der Waals surface area contributed by atoms with Gasteiger partial charge in [-0.15, -0.1) is 0 Å². The number of aromatic nitrogens is 3. The summed E-state index contributed by atoms with van der Waals surface area (Å²) in [7, 11) is 0. The number of aryl methyl sites for hydroxylation is 1. The second kappa shape index (κ2) is 9.13. The van der Waals surface area contributed by atoms with Gasteiger partial charge in [-0.2, -0.15) is 18.3 Å². The van der Waals surface area contributed by atoms with E-state index in [4.69, 9.17) is 0 Å². The molecule has 4 rings (SSSR count). The zero-order chi connectivity index (χ0) is 24.5. The minimum absolute atomic E-state index is 0.00937. The summed E-state index contributed by atoms with van der Waals surface area (Å²) in [5, 5.41) is 12.9. The van der Waals surface area contributed by atoms with E-state index in [9.17, 15) is 23.1 Å². The average Bonchev–Trinajstić information content (AvgIpc) is 3.12. The van der Waals surface area contributed by atoms with Crippen LogP contribution in [0.1, 0.15) is 33.6 Å². The number of halogens is 3. The summed E-state index contributed by atoms with van der Waals surface area (Å²) in [6, 6.07) is 17.1. The third-order valence-corrected chi connectivity index (χ3v) is 5.76. The Morgan fingerprint density at radius 3 is 2.24 bits per heavy atom. The summed E-state index contributed by atoms with van der Waals surface area (Å²) in [4.78, 5) is 15.3. The number of hydrogen-bond acceptors (Lipinski definition) is 3. The molecule has 5 nitrogen and oxygen atoms in total. The van der Waals surface area contributed by atoms with E-state index in [1.165, 1.54) is 6.92 Å². The lowest BCUT2D eigenvalue weighted by atomic mass is 9.96. The second-order valence-electron chi connectivity index (χ2n) is 8.12. The summed E-state index contributed by atoms with van der Waals surface area (Å²) in [6.07, 6.45) is -1.07. The van der Waals surface area contributed by atoms with E-state index in [0.717, 1.165) is 32.5 Å². The Bertz CT molecular complexity index is 1330. The van der Waals surface area contributed by atoms with E-state index in [1.54, 1.807) is 24.5 Å². The van der Waals surface area contributed by atoms with Crippen molar-refractivity contribution >= 4 is 5.97 Å². The van der Waals surface area contributed by atoms with Crippen molar-refractivity contribution in [3.8, 4) is 16.8 Å². The van der Waals surface area contributed by atoms with Gasteiger partial charge >= 0.3 is 12.1 Å². The highest BCUT2D eigenvalue weighted by molar-refractivity contribution is 5.70. The third kappa shape index (κ3) is 4.85. The average molecular weight is 465 g/mol. The van der Waals surface area contributed by atoms with Crippen molar-refractivity contribution in [1.82, 2.24) is 14.8 Å². The van der Waals surface area contributed by atoms with Gasteiger partial charge in [0.25, 0.3) is 0 Å². The van der Waals surface area contributed by atoms with Crippen molar-refractivity contribution in [2.75, 3.05) is 0 Å². The molecule has 0 radical (unpaired) electrons. The Morgan fingerprint density at radius 2 is 1.65 bits per heavy atom. The first-order valence-corrected chi connectivity index (χ1v) is 10.6. The first-order valence-electron chi connectivity index (χ1n) is 10.6. The second-order valence-corrected chi connectivity index (χ2v) is 8.12. The van der Waals surface area contributed by atoms with Crippen molar-refractivity contribution in [2.45, 2.75) is 32.9 Å². The van der Waals surface area contributed by atoms with Crippen molar-refractivity contribution in [3.05, 3.63) is 101 Å². The van der Waals surface area contributed by atoms with Crippen LogP contribution in [-0.4, -0.2) is 25.8 Å². The van der Waals surface area contributed by atoms with Crippen molar-refractivity contribution in [2.24, 2.45) is 0 Å². The maximum Gasteiger partial charge on any atom is 0.435 e. The lowest BCUT2D eigenvalue weighted by molar-refractivity contribution is -0.142. The lowest BCUT2D eigenvalue weighted by Crippen LogP contribution is -2.09. The standard InChI is InChI=1S/C26H22F3N3O2/c1-16-13-21(19-9-11-30-12-10-19)6-5-20(16)14-18-3-7-22(8-4-18)32-23(15-24(33)34)17(2)25(31-32)26(27,28)29/h3-13H,14-15H2,1-2H3,(H,33,34). The minimum atomic E-state index is -4.66. The van der Waals surface area contributed by atoms with Crippen LogP contribution in [0.2, 0.25) is 0 Å². The molecule has 0 saturated carbocycles. The molecule has 34 heavy (non-hydrogen) atoms. The van der Waals surface area contributed by atoms with Gasteiger partial charge in [0, 0.05) is 18.0 Å². The molecule has 0 aliphatic rings. The van der Waals surface area contributed by atoms with Gasteiger partial charge < -0.3 is 5.11 Å². The molecular formula is C26H22F3N3O2. The van der Waals surface area contributed by atoms with E-state index in [0.29, 0.717) is 12.1 Å². The van der Waals surface area contributed by atoms with E-state index >= 15 is 0 Å². The molecule has 2 aromatic heterocycles. The Kier molecular flexibility index (Phi) is 6.24. The summed E-state index contributed by atoms with van der Waals surface area (Å²) in [5.74, 6) is -1.22. The fourth-order valence-corrected chi connectivity index (χ4v) is 3.96. The Hall–Kier alpha value is -3.94. The summed E-state index contributed by atoms with van der Waals surface area (Å²) in [5.41, 5.74) is 4.55. The fraction of sp³-hybridized carbons (Fsp3) is 0.192. The van der Waals surface area contributed by atoms with Crippen molar-refractivity contribution in [3.63, 3.8) is 0 Å². The molecule has 0 saturated heterocycles. The molecule has 0 atom stereocenters. The number of benzene rings is 2. The lowest BCUT2D eigenvalue weighted by Gasteiger charge is -2.11. The van der Waals surface area contributed by atoms with Crippen LogP contribution in [0.4, 0.5) is 13.2 Å². The molecule has 0 amide bonds. The SMILES string of the molecule is Cc1cc(-c2ccncc2)ccc1Cc1ccc(-n2nc(C(F)(F)F)c(C)c2CC(=O)O)cc1. The maximum absolute atomic E-state index is 13.3. The Labute approximate surface area is 194 Å². The van der Waals surface area contributed by atoms with Gasteiger partial charge in [-0.05, 0) is 72.4 Å². The van der Waals surface area contributed by atoms with Gasteiger partial charge in [-0.25, -0.2) is 4.68 Å². The number of aliphatic carboxylic acids is 1. The quantitative estimate of drug-likeness (QED) is 0.392. The summed E-state index contributed by atoms with van der Waals surface area (Å²) >= 11 is 0. The molecule has 0 aliphatic carbocycles. The monoisotopic (exact) mass is 465 g/mol. The Morgan fingerprint density at radius 1 is 0.971 bits per heavy atom. The normalized spacial score (nSPS) is 11.6. The number of hydrogen-bond donors (Lipinski definition) is 1. The van der Waals surface area contributed by atoms with Gasteiger partial charge in [-0.3, -0.25) is 9.78 Å². The molecule has 0 aliphatic heterocycles. The van der Waals surface area contributed by atoms with Gasteiger partial charge in [0.15, 0.2) is 5.69 Å². The van der Waals surface area contributed by atoms with E-state index in [1.807, 2.05) is 31.2 Å². The molecule has 174 valence electrons. The van der Waals surface area contributed by atoms with Crippen LogP contribution in [0.15, 0.2) is 67.0 Å².